The molecular weight excluding hydrogens is 230 g/mol. The van der Waals surface area contributed by atoms with Crippen LogP contribution in [0.2, 0.25) is 0 Å². The number of hydrogen-bond acceptors (Lipinski definition) is 5. The highest BCUT2D eigenvalue weighted by atomic mass is 32.2. The molecule has 1 unspecified atom stereocenters. The monoisotopic (exact) mass is 245 g/mol. The Bertz CT molecular complexity index is 469. The molecule has 0 aromatic carbocycles. The lowest BCUT2D eigenvalue weighted by Gasteiger charge is -2.12. The molecule has 1 aliphatic heterocycles. The van der Waals surface area contributed by atoms with Crippen molar-refractivity contribution in [3.8, 4) is 0 Å². The van der Waals surface area contributed by atoms with Gasteiger partial charge in [0, 0.05) is 12.6 Å². The molecule has 1 aliphatic rings. The average molecular weight is 245 g/mol. The van der Waals surface area contributed by atoms with Gasteiger partial charge in [-0.25, -0.2) is 13.1 Å². The van der Waals surface area contributed by atoms with E-state index in [-0.39, 0.29) is 16.8 Å². The van der Waals surface area contributed by atoms with E-state index < -0.39 is 10.0 Å². The van der Waals surface area contributed by atoms with Crippen molar-refractivity contribution in [2.24, 2.45) is 0 Å². The molecule has 4 N–H and O–H groups in total. The Labute approximate surface area is 94.1 Å². The van der Waals surface area contributed by atoms with Gasteiger partial charge in [-0.2, -0.15) is 5.10 Å². The lowest BCUT2D eigenvalue weighted by Crippen LogP contribution is -2.36. The zero-order valence-electron chi connectivity index (χ0n) is 8.97. The van der Waals surface area contributed by atoms with Crippen LogP contribution in [0.3, 0.4) is 0 Å². The average Bonchev–Trinajstić information content (AvgIpc) is 2.74. The summed E-state index contributed by atoms with van der Waals surface area (Å²) in [6.45, 7) is 1.62. The van der Waals surface area contributed by atoms with E-state index in [9.17, 15) is 8.42 Å². The lowest BCUT2D eigenvalue weighted by atomic mass is 10.3. The predicted molar refractivity (Wildman–Crippen MR) is 59.2 cm³/mol. The fraction of sp³-hybridized carbons (Fsp3) is 0.625. The van der Waals surface area contributed by atoms with Crippen molar-refractivity contribution in [2.75, 3.05) is 25.9 Å². The Kier molecular flexibility index (Phi) is 2.87. The van der Waals surface area contributed by atoms with Gasteiger partial charge in [-0.05, 0) is 20.0 Å². The fourth-order valence-corrected chi connectivity index (χ4v) is 3.10. The Morgan fingerprint density at radius 3 is 2.94 bits per heavy atom. The summed E-state index contributed by atoms with van der Waals surface area (Å²) in [6, 6.07) is -0.0516. The molecule has 0 spiro atoms. The number of likely N-dealkylation sites (tertiary alicyclic amines) is 1. The van der Waals surface area contributed by atoms with Crippen molar-refractivity contribution >= 4 is 15.8 Å². The van der Waals surface area contributed by atoms with Crippen LogP contribution < -0.4 is 10.5 Å². The van der Waals surface area contributed by atoms with Crippen molar-refractivity contribution in [3.05, 3.63) is 6.20 Å². The maximum atomic E-state index is 11.9. The minimum absolute atomic E-state index is 0.0158. The fourth-order valence-electron chi connectivity index (χ4n) is 1.81. The number of rotatable bonds is 3. The summed E-state index contributed by atoms with van der Waals surface area (Å²) in [5.74, 6) is 0.0684. The van der Waals surface area contributed by atoms with Crippen LogP contribution in [0.5, 0.6) is 0 Å². The van der Waals surface area contributed by atoms with Crippen molar-refractivity contribution in [1.29, 1.82) is 0 Å². The highest BCUT2D eigenvalue weighted by Crippen LogP contribution is 2.16. The van der Waals surface area contributed by atoms with Gasteiger partial charge in [-0.3, -0.25) is 5.10 Å². The van der Waals surface area contributed by atoms with Crippen LogP contribution in [0.4, 0.5) is 5.82 Å². The second-order valence-electron chi connectivity index (χ2n) is 4.02. The maximum Gasteiger partial charge on any atom is 0.246 e. The molecular formula is C8H15N5O2S. The van der Waals surface area contributed by atoms with Crippen LogP contribution >= 0.6 is 0 Å². The molecule has 1 fully saturated rings. The Morgan fingerprint density at radius 2 is 2.44 bits per heavy atom. The number of H-pyrrole nitrogens is 1. The minimum atomic E-state index is -3.55. The molecule has 0 bridgehead atoms. The number of nitrogens with one attached hydrogen (secondary N) is 2. The minimum Gasteiger partial charge on any atom is -0.383 e. The third-order valence-electron chi connectivity index (χ3n) is 2.63. The number of hydrogen-bond donors (Lipinski definition) is 3. The first-order valence-corrected chi connectivity index (χ1v) is 6.47. The Hall–Kier alpha value is -1.12. The third-order valence-corrected chi connectivity index (χ3v) is 4.18. The van der Waals surface area contributed by atoms with E-state index in [2.05, 4.69) is 19.8 Å². The summed E-state index contributed by atoms with van der Waals surface area (Å²) >= 11 is 0. The number of aromatic nitrogens is 2. The van der Waals surface area contributed by atoms with Crippen molar-refractivity contribution in [1.82, 2.24) is 19.8 Å². The molecule has 2 heterocycles. The van der Waals surface area contributed by atoms with E-state index >= 15 is 0 Å². The number of sulfonamides is 1. The second-order valence-corrected chi connectivity index (χ2v) is 5.70. The highest BCUT2D eigenvalue weighted by molar-refractivity contribution is 7.89. The summed E-state index contributed by atoms with van der Waals surface area (Å²) in [4.78, 5) is 2.09. The normalized spacial score (nSPS) is 22.7. The lowest BCUT2D eigenvalue weighted by molar-refractivity contribution is 0.407. The molecule has 0 amide bonds. The summed E-state index contributed by atoms with van der Waals surface area (Å²) in [5, 5.41) is 6.00. The van der Waals surface area contributed by atoms with E-state index in [0.717, 1.165) is 19.5 Å². The molecule has 1 saturated heterocycles. The zero-order valence-corrected chi connectivity index (χ0v) is 9.79. The predicted octanol–water partition coefficient (Wildman–Crippen LogP) is -1.03. The Morgan fingerprint density at radius 1 is 1.69 bits per heavy atom. The molecule has 90 valence electrons. The highest BCUT2D eigenvalue weighted by Gasteiger charge is 2.27. The molecule has 1 aromatic heterocycles. The quantitative estimate of drug-likeness (QED) is 0.632. The van der Waals surface area contributed by atoms with E-state index in [1.165, 1.54) is 6.20 Å². The van der Waals surface area contributed by atoms with Crippen LogP contribution in [0.25, 0.3) is 0 Å². The molecule has 1 atom stereocenters. The SMILES string of the molecule is CN1CCC(NS(=O)(=O)c2cn[nH]c2N)C1. The number of anilines is 1. The smallest absolute Gasteiger partial charge is 0.246 e. The van der Waals surface area contributed by atoms with Crippen molar-refractivity contribution < 1.29 is 8.42 Å². The summed E-state index contributed by atoms with van der Waals surface area (Å²) in [5.41, 5.74) is 5.48. The summed E-state index contributed by atoms with van der Waals surface area (Å²) in [6.07, 6.45) is 2.03. The first kappa shape index (κ1) is 11.4. The number of nitrogens with two attached hydrogens (primary N) is 1. The molecule has 16 heavy (non-hydrogen) atoms. The van der Waals surface area contributed by atoms with Gasteiger partial charge in [-0.15, -0.1) is 0 Å². The molecule has 7 nitrogen and oxygen atoms in total. The molecule has 1 aromatic rings. The van der Waals surface area contributed by atoms with E-state index in [4.69, 9.17) is 5.73 Å². The van der Waals surface area contributed by atoms with Gasteiger partial charge in [0.15, 0.2) is 0 Å². The van der Waals surface area contributed by atoms with Crippen LogP contribution in [0.15, 0.2) is 11.1 Å². The van der Waals surface area contributed by atoms with Gasteiger partial charge in [0.25, 0.3) is 0 Å². The number of aromatic amines is 1. The Balaban J connectivity index is 2.12. The number of nitrogen functional groups attached to an aromatic ring is 1. The van der Waals surface area contributed by atoms with Gasteiger partial charge in [-0.1, -0.05) is 0 Å². The van der Waals surface area contributed by atoms with Gasteiger partial charge in [0.2, 0.25) is 10.0 Å². The topological polar surface area (TPSA) is 104 Å². The largest absolute Gasteiger partial charge is 0.383 e. The van der Waals surface area contributed by atoms with Gasteiger partial charge in [0.05, 0.1) is 6.20 Å². The molecule has 0 radical (unpaired) electrons. The van der Waals surface area contributed by atoms with Crippen molar-refractivity contribution in [3.63, 3.8) is 0 Å². The van der Waals surface area contributed by atoms with Gasteiger partial charge >= 0.3 is 0 Å². The standard InChI is InChI=1S/C8H15N5O2S/c1-13-3-2-6(5-13)12-16(14,15)7-4-10-11-8(7)9/h4,6,12H,2-3,5H2,1H3,(H3,9,10,11). The molecule has 0 saturated carbocycles. The number of nitrogens with zero attached hydrogens (tertiary/aromatic N) is 2. The van der Waals surface area contributed by atoms with Crippen molar-refractivity contribution in [2.45, 2.75) is 17.4 Å². The van der Waals surface area contributed by atoms with Crippen LogP contribution in [0.1, 0.15) is 6.42 Å². The zero-order chi connectivity index (χ0) is 11.8. The first-order chi connectivity index (χ1) is 7.49. The van der Waals surface area contributed by atoms with Crippen LogP contribution in [-0.4, -0.2) is 49.7 Å². The molecule has 2 rings (SSSR count). The van der Waals surface area contributed by atoms with E-state index in [0.29, 0.717) is 0 Å². The van der Waals surface area contributed by atoms with E-state index in [1.807, 2.05) is 7.05 Å². The second kappa shape index (κ2) is 4.04. The first-order valence-electron chi connectivity index (χ1n) is 4.99. The van der Waals surface area contributed by atoms with E-state index in [1.54, 1.807) is 0 Å². The molecule has 0 aliphatic carbocycles. The molecule has 8 heteroatoms. The van der Waals surface area contributed by atoms with Crippen LogP contribution in [0, 0.1) is 0 Å². The van der Waals surface area contributed by atoms with Crippen LogP contribution in [-0.2, 0) is 10.0 Å². The van der Waals surface area contributed by atoms with Gasteiger partial charge in [0.1, 0.15) is 10.7 Å². The third kappa shape index (κ3) is 2.18. The summed E-state index contributed by atoms with van der Waals surface area (Å²) < 4.78 is 26.4. The summed E-state index contributed by atoms with van der Waals surface area (Å²) in [7, 11) is -1.59. The maximum absolute atomic E-state index is 11.9. The number of likely N-dealkylation sites (N-methyl/N-ethyl adjacent to an activating group) is 1. The van der Waals surface area contributed by atoms with Gasteiger partial charge < -0.3 is 10.6 Å².